The van der Waals surface area contributed by atoms with E-state index < -0.39 is 45.4 Å². The number of carbonyl (C=O) groups is 3. The van der Waals surface area contributed by atoms with Crippen molar-refractivity contribution in [1.82, 2.24) is 20.4 Å². The summed E-state index contributed by atoms with van der Waals surface area (Å²) in [5.41, 5.74) is 1.14. The number of rotatable bonds is 15. The molecule has 0 spiro atoms. The Balaban J connectivity index is -0.000000855. The third-order valence-electron chi connectivity index (χ3n) is 7.94. The van der Waals surface area contributed by atoms with Gasteiger partial charge in [-0.3, -0.25) is 18.8 Å². The fourth-order valence-electron chi connectivity index (χ4n) is 5.27. The van der Waals surface area contributed by atoms with Crippen LogP contribution >= 0.6 is 0 Å². The first-order valence-corrected chi connectivity index (χ1v) is 21.2. The zero-order valence-corrected chi connectivity index (χ0v) is 51.2. The number of halogens is 4. The van der Waals surface area contributed by atoms with Crippen molar-refractivity contribution >= 4 is 28.8 Å². The summed E-state index contributed by atoms with van der Waals surface area (Å²) in [5.74, 6) is -4.24. The number of alkyl carbamates (subject to hydrolysis) is 2. The molecule has 2 amide bonds. The maximum Gasteiger partial charge on any atom is 1.00 e. The van der Waals surface area contributed by atoms with Crippen LogP contribution in [-0.4, -0.2) is 137 Å². The van der Waals surface area contributed by atoms with Crippen molar-refractivity contribution in [3.63, 3.8) is 0 Å². The molecule has 2 heterocycles. The number of benzene rings is 2. The molecule has 2 aliphatic rings. The van der Waals surface area contributed by atoms with Gasteiger partial charge in [0.15, 0.2) is 0 Å². The molecule has 2 saturated heterocycles. The number of nitrogens with zero attached hydrogens (tertiary/aromatic N) is 2. The molecule has 0 aliphatic carbocycles. The number of hydrogen-bond donors (Lipinski definition) is 3. The van der Waals surface area contributed by atoms with Gasteiger partial charge in [0.2, 0.25) is 0 Å². The maximum atomic E-state index is 13.1. The van der Waals surface area contributed by atoms with E-state index in [9.17, 15) is 35.6 Å². The Kier molecular flexibility index (Phi) is 33.3. The van der Waals surface area contributed by atoms with Crippen molar-refractivity contribution in [2.24, 2.45) is 0 Å². The maximum absolute atomic E-state index is 13.1. The predicted octanol–water partition coefficient (Wildman–Crippen LogP) is -1.21. The van der Waals surface area contributed by atoms with Crippen LogP contribution in [0.5, 0.6) is 11.5 Å². The molecular formula is C40H62Cs2F4N4O12S. The zero-order chi connectivity index (χ0) is 46.3. The summed E-state index contributed by atoms with van der Waals surface area (Å²) in [7, 11) is -3.46. The molecule has 23 heteroatoms. The first kappa shape index (κ1) is 64.7. The molecule has 3 N–H and O–H groups in total. The monoisotopic (exact) mass is 1160 g/mol. The van der Waals surface area contributed by atoms with Gasteiger partial charge in [0.25, 0.3) is 28.4 Å². The Morgan fingerprint density at radius 1 is 0.778 bits per heavy atom. The van der Waals surface area contributed by atoms with Crippen LogP contribution in [0.3, 0.4) is 0 Å². The normalized spacial score (nSPS) is 15.4. The van der Waals surface area contributed by atoms with Gasteiger partial charge in [-0.1, -0.05) is 24.3 Å². The fourth-order valence-corrected chi connectivity index (χ4v) is 5.64. The molecule has 0 bridgehead atoms. The smallest absolute Gasteiger partial charge is 1.00 e. The molecule has 0 atom stereocenters. The summed E-state index contributed by atoms with van der Waals surface area (Å²) in [4.78, 5) is 37.4. The van der Waals surface area contributed by atoms with E-state index in [0.717, 1.165) is 17.4 Å². The molecule has 0 unspecified atom stereocenters. The number of likely N-dealkylation sites (tertiary alicyclic amines) is 2. The van der Waals surface area contributed by atoms with Crippen LogP contribution in [0, 0.1) is 0 Å². The summed E-state index contributed by atoms with van der Waals surface area (Å²) in [6, 6.07) is 14.5. The first-order chi connectivity index (χ1) is 28.2. The minimum atomic E-state index is -3.46. The standard InChI is InChI=1S/C19H28F2N2O3.C13H19NO3.C7H13F2NO3S.CH2O3.2Cs.H/c1-18(2,3)26-17(24)22-10-8-15-4-6-16(7-5-15)25-13-12-23-11-9-19(20,21)14-23;1-13(2,3)17-12(16)14-9-8-10-4-6-11(15)7-5-10;1-14(11,12)13-5-4-10-3-2-7(8,9)6-10;2-1-4-3;;;/h4-7H,8-14H2,1-3H3,(H,22,24);4-7,15H,8-9H2,1-3H3,(H,14,16);2-6H2,1H3;1,3H;;;/q;;;;2*+1;-1/p-1. The molecular weight excluding hydrogens is 1100 g/mol. The topological polar surface area (TPSA) is 205 Å². The summed E-state index contributed by atoms with van der Waals surface area (Å²) in [5, 5.41) is 22.9. The van der Waals surface area contributed by atoms with Gasteiger partial charge in [0.1, 0.15) is 29.3 Å². The van der Waals surface area contributed by atoms with Gasteiger partial charge in [0, 0.05) is 52.1 Å². The second-order valence-corrected chi connectivity index (χ2v) is 17.6. The minimum Gasteiger partial charge on any atom is -1.00 e. The van der Waals surface area contributed by atoms with Crippen LogP contribution in [0.4, 0.5) is 27.2 Å². The number of phenols is 1. The molecule has 2 aromatic carbocycles. The van der Waals surface area contributed by atoms with E-state index in [-0.39, 0.29) is 191 Å². The van der Waals surface area contributed by atoms with E-state index in [1.807, 2.05) is 77.9 Å². The van der Waals surface area contributed by atoms with Crippen LogP contribution in [0.25, 0.3) is 0 Å². The van der Waals surface area contributed by atoms with Gasteiger partial charge >= 0.3 is 150 Å². The Morgan fingerprint density at radius 3 is 1.49 bits per heavy atom. The van der Waals surface area contributed by atoms with E-state index in [1.165, 1.54) is 4.90 Å². The van der Waals surface area contributed by atoms with Crippen molar-refractivity contribution in [3.05, 3.63) is 59.7 Å². The summed E-state index contributed by atoms with van der Waals surface area (Å²) in [6.45, 7) is 13.0. The summed E-state index contributed by atoms with van der Waals surface area (Å²) < 4.78 is 92.9. The van der Waals surface area contributed by atoms with Gasteiger partial charge in [-0.15, -0.1) is 0 Å². The van der Waals surface area contributed by atoms with Crippen molar-refractivity contribution in [2.45, 2.75) is 90.3 Å². The van der Waals surface area contributed by atoms with Crippen molar-refractivity contribution in [2.75, 3.05) is 71.8 Å². The Morgan fingerprint density at radius 2 is 1.16 bits per heavy atom. The Bertz CT molecular complexity index is 1710. The minimum absolute atomic E-state index is 0. The predicted molar refractivity (Wildman–Crippen MR) is 217 cm³/mol. The van der Waals surface area contributed by atoms with Crippen LogP contribution in [-0.2, 0) is 46.3 Å². The number of ether oxygens (including phenoxy) is 3. The van der Waals surface area contributed by atoms with Crippen LogP contribution in [0.1, 0.15) is 66.9 Å². The van der Waals surface area contributed by atoms with Crippen LogP contribution < -0.4 is 158 Å². The molecule has 0 aromatic heterocycles. The van der Waals surface area contributed by atoms with E-state index in [0.29, 0.717) is 57.9 Å². The van der Waals surface area contributed by atoms with Crippen LogP contribution in [0.2, 0.25) is 0 Å². The van der Waals surface area contributed by atoms with Crippen molar-refractivity contribution in [3.8, 4) is 11.5 Å². The molecule has 16 nitrogen and oxygen atoms in total. The molecule has 0 saturated carbocycles. The molecule has 4 rings (SSSR count). The molecule has 2 aromatic rings. The van der Waals surface area contributed by atoms with Gasteiger partial charge in [-0.05, 0) is 89.8 Å². The van der Waals surface area contributed by atoms with Crippen LogP contribution in [0.15, 0.2) is 48.5 Å². The fraction of sp³-hybridized carbons (Fsp3) is 0.625. The van der Waals surface area contributed by atoms with E-state index in [1.54, 1.807) is 17.0 Å². The molecule has 0 radical (unpaired) electrons. The second kappa shape index (κ2) is 32.4. The number of hydrogen-bond acceptors (Lipinski definition) is 14. The van der Waals surface area contributed by atoms with E-state index >= 15 is 0 Å². The first-order valence-electron chi connectivity index (χ1n) is 19.4. The number of amides is 2. The average Bonchev–Trinajstić information content (AvgIpc) is 3.67. The second-order valence-electron chi connectivity index (χ2n) is 16.0. The largest absolute Gasteiger partial charge is 1.00 e. The van der Waals surface area contributed by atoms with Gasteiger partial charge in [-0.2, -0.15) is 8.42 Å². The SMILES string of the molecule is CC(C)(C)OC(=O)NCCc1ccc(O)cc1.CC(C)(C)OC(=O)NCCc1ccc(OCCN2CCC(F)(F)C2)cc1.CS(=O)(=O)OCCN1CCC(F)(F)C1.O=CO[O-].[Cs+].[Cs+].[H-]. The third-order valence-corrected chi connectivity index (χ3v) is 8.54. The third kappa shape index (κ3) is 36.4. The number of alkyl halides is 4. The molecule has 350 valence electrons. The zero-order valence-electron chi connectivity index (χ0n) is 38.8. The van der Waals surface area contributed by atoms with Gasteiger partial charge < -0.3 is 41.5 Å². The van der Waals surface area contributed by atoms with Gasteiger partial charge in [0.05, 0.1) is 26.0 Å². The number of aromatic hydroxyl groups is 1. The quantitative estimate of drug-likeness (QED) is 0.0631. The summed E-state index contributed by atoms with van der Waals surface area (Å²) in [6.07, 6.45) is 1.26. The number of carbonyl (C=O) groups excluding carboxylic acids is 3. The Hall–Kier alpha value is -0.336. The van der Waals surface area contributed by atoms with E-state index in [4.69, 9.17) is 29.4 Å². The van der Waals surface area contributed by atoms with E-state index in [2.05, 4.69) is 19.7 Å². The number of phenolic OH excluding ortho intramolecular Hbond substituents is 1. The van der Waals surface area contributed by atoms with Gasteiger partial charge in [-0.25, -0.2) is 27.2 Å². The summed E-state index contributed by atoms with van der Waals surface area (Å²) >= 11 is 0. The molecule has 63 heavy (non-hydrogen) atoms. The number of nitrogens with one attached hydrogen (secondary N) is 2. The average molecular weight is 1160 g/mol. The Labute approximate surface area is 487 Å². The van der Waals surface area contributed by atoms with Crippen molar-refractivity contribution < 1.29 is 213 Å². The molecule has 2 fully saturated rings. The molecule has 2 aliphatic heterocycles. The van der Waals surface area contributed by atoms with Crippen molar-refractivity contribution in [1.29, 1.82) is 0 Å².